The van der Waals surface area contributed by atoms with E-state index in [4.69, 9.17) is 14.3 Å². The second-order valence-corrected chi connectivity index (χ2v) is 2.70. The maximum atomic E-state index is 10.4. The minimum absolute atomic E-state index is 0.108. The summed E-state index contributed by atoms with van der Waals surface area (Å²) in [5.74, 6) is -0.957. The number of aromatic carboxylic acids is 1. The van der Waals surface area contributed by atoms with Crippen LogP contribution >= 0.6 is 0 Å². The van der Waals surface area contributed by atoms with Gasteiger partial charge in [0, 0.05) is 6.07 Å². The summed E-state index contributed by atoms with van der Waals surface area (Å²) in [5.41, 5.74) is 0. The second kappa shape index (κ2) is 5.11. The zero-order valence-corrected chi connectivity index (χ0v) is 7.73. The van der Waals surface area contributed by atoms with Gasteiger partial charge >= 0.3 is 5.97 Å². The Hall–Kier alpha value is -1.71. The number of allylic oxidation sites excluding steroid dienone is 1. The summed E-state index contributed by atoms with van der Waals surface area (Å²) in [7, 11) is 0. The number of unbranched alkanes of at least 4 members (excludes halogenated alkanes) is 1. The lowest BCUT2D eigenvalue weighted by Crippen LogP contribution is -1.95. The summed E-state index contributed by atoms with van der Waals surface area (Å²) in [6.45, 7) is 4.07. The average Bonchev–Trinajstić information content (AvgIpc) is 2.61. The van der Waals surface area contributed by atoms with E-state index in [1.54, 1.807) is 6.08 Å². The molecule has 1 aromatic heterocycles. The van der Waals surface area contributed by atoms with Crippen molar-refractivity contribution in [3.05, 3.63) is 30.5 Å². The van der Waals surface area contributed by atoms with Crippen LogP contribution in [-0.4, -0.2) is 17.7 Å². The molecule has 0 spiro atoms. The Bertz CT molecular complexity index is 314. The first-order valence-electron chi connectivity index (χ1n) is 4.31. The first-order valence-corrected chi connectivity index (χ1v) is 4.31. The minimum atomic E-state index is -1.09. The molecule has 0 bridgehead atoms. The highest BCUT2D eigenvalue weighted by molar-refractivity contribution is 5.84. The SMILES string of the molecule is C=CCCCOc1ccc(C(=O)O)o1. The van der Waals surface area contributed by atoms with Crippen LogP contribution in [0.2, 0.25) is 0 Å². The molecule has 0 fully saturated rings. The van der Waals surface area contributed by atoms with Crippen molar-refractivity contribution >= 4 is 5.97 Å². The molecule has 0 aliphatic heterocycles. The van der Waals surface area contributed by atoms with Gasteiger partial charge in [0.05, 0.1) is 6.61 Å². The molecule has 76 valence electrons. The van der Waals surface area contributed by atoms with Crippen LogP contribution in [0.25, 0.3) is 0 Å². The first kappa shape index (κ1) is 10.4. The zero-order valence-electron chi connectivity index (χ0n) is 7.73. The fraction of sp³-hybridized carbons (Fsp3) is 0.300. The summed E-state index contributed by atoms with van der Waals surface area (Å²) < 4.78 is 10.0. The van der Waals surface area contributed by atoms with Crippen molar-refractivity contribution in [2.75, 3.05) is 6.61 Å². The van der Waals surface area contributed by atoms with Crippen molar-refractivity contribution in [3.63, 3.8) is 0 Å². The van der Waals surface area contributed by atoms with Crippen LogP contribution in [0.4, 0.5) is 0 Å². The van der Waals surface area contributed by atoms with Gasteiger partial charge in [0.1, 0.15) is 0 Å². The molecule has 0 saturated carbocycles. The number of furan rings is 1. The van der Waals surface area contributed by atoms with E-state index >= 15 is 0 Å². The van der Waals surface area contributed by atoms with Gasteiger partial charge in [0.2, 0.25) is 5.76 Å². The van der Waals surface area contributed by atoms with Gasteiger partial charge < -0.3 is 14.3 Å². The van der Waals surface area contributed by atoms with Crippen molar-refractivity contribution in [3.8, 4) is 5.95 Å². The molecule has 0 saturated heterocycles. The van der Waals surface area contributed by atoms with Crippen LogP contribution in [0.1, 0.15) is 23.4 Å². The Morgan fingerprint density at radius 1 is 1.64 bits per heavy atom. The van der Waals surface area contributed by atoms with Crippen molar-refractivity contribution in [2.24, 2.45) is 0 Å². The van der Waals surface area contributed by atoms with Gasteiger partial charge in [0.25, 0.3) is 5.95 Å². The first-order chi connectivity index (χ1) is 6.74. The molecule has 1 rings (SSSR count). The minimum Gasteiger partial charge on any atom is -0.475 e. The van der Waals surface area contributed by atoms with Crippen LogP contribution in [0, 0.1) is 0 Å². The molecule has 1 N–H and O–H groups in total. The summed E-state index contributed by atoms with van der Waals surface area (Å²) in [4.78, 5) is 10.4. The monoisotopic (exact) mass is 196 g/mol. The Balaban J connectivity index is 2.36. The van der Waals surface area contributed by atoms with Crippen LogP contribution < -0.4 is 4.74 Å². The molecule has 0 radical (unpaired) electrons. The third-order valence-corrected chi connectivity index (χ3v) is 1.59. The van der Waals surface area contributed by atoms with E-state index < -0.39 is 5.97 Å². The Morgan fingerprint density at radius 2 is 2.43 bits per heavy atom. The van der Waals surface area contributed by atoms with E-state index in [2.05, 4.69) is 6.58 Å². The molecule has 0 unspecified atom stereocenters. The lowest BCUT2D eigenvalue weighted by molar-refractivity contribution is 0.0653. The van der Waals surface area contributed by atoms with Gasteiger partial charge in [-0.05, 0) is 18.9 Å². The summed E-state index contributed by atoms with van der Waals surface area (Å²) >= 11 is 0. The normalized spacial score (nSPS) is 9.71. The molecule has 1 aromatic rings. The van der Waals surface area contributed by atoms with E-state index in [1.165, 1.54) is 12.1 Å². The van der Waals surface area contributed by atoms with Gasteiger partial charge in [0.15, 0.2) is 0 Å². The fourth-order valence-corrected chi connectivity index (χ4v) is 0.913. The summed E-state index contributed by atoms with van der Waals surface area (Å²) in [6, 6.07) is 2.86. The van der Waals surface area contributed by atoms with Gasteiger partial charge in [-0.15, -0.1) is 6.58 Å². The number of rotatable bonds is 6. The number of carboxylic acids is 1. The number of carbonyl (C=O) groups is 1. The maximum Gasteiger partial charge on any atom is 0.371 e. The van der Waals surface area contributed by atoms with Gasteiger partial charge in [-0.2, -0.15) is 0 Å². The molecule has 14 heavy (non-hydrogen) atoms. The Labute approximate surface area is 81.8 Å². The average molecular weight is 196 g/mol. The number of hydrogen-bond donors (Lipinski definition) is 1. The third-order valence-electron chi connectivity index (χ3n) is 1.59. The van der Waals surface area contributed by atoms with Crippen LogP contribution in [-0.2, 0) is 0 Å². The van der Waals surface area contributed by atoms with Crippen LogP contribution in [0.15, 0.2) is 29.2 Å². The lowest BCUT2D eigenvalue weighted by Gasteiger charge is -1.99. The number of hydrogen-bond acceptors (Lipinski definition) is 3. The predicted molar refractivity (Wildman–Crippen MR) is 50.6 cm³/mol. The van der Waals surface area contributed by atoms with Gasteiger partial charge in [-0.1, -0.05) is 6.08 Å². The zero-order chi connectivity index (χ0) is 10.4. The molecular weight excluding hydrogens is 184 g/mol. The fourth-order valence-electron chi connectivity index (χ4n) is 0.913. The van der Waals surface area contributed by atoms with Crippen LogP contribution in [0.3, 0.4) is 0 Å². The topological polar surface area (TPSA) is 59.7 Å². The smallest absolute Gasteiger partial charge is 0.371 e. The third kappa shape index (κ3) is 2.97. The Morgan fingerprint density at radius 3 is 3.00 bits per heavy atom. The quantitative estimate of drug-likeness (QED) is 0.560. The number of carboxylic acid groups (broad SMARTS) is 1. The van der Waals surface area contributed by atoms with Crippen molar-refractivity contribution in [1.82, 2.24) is 0 Å². The standard InChI is InChI=1S/C10H12O4/c1-2-3-4-7-13-9-6-5-8(14-9)10(11)12/h2,5-6H,1,3-4,7H2,(H,11,12). The predicted octanol–water partition coefficient (Wildman–Crippen LogP) is 2.32. The van der Waals surface area contributed by atoms with Gasteiger partial charge in [-0.25, -0.2) is 4.79 Å². The molecule has 4 nitrogen and oxygen atoms in total. The van der Waals surface area contributed by atoms with E-state index in [9.17, 15) is 4.79 Å². The van der Waals surface area contributed by atoms with E-state index in [1.807, 2.05) is 0 Å². The highest BCUT2D eigenvalue weighted by atomic mass is 16.6. The van der Waals surface area contributed by atoms with Crippen molar-refractivity contribution in [2.45, 2.75) is 12.8 Å². The molecular formula is C10H12O4. The summed E-state index contributed by atoms with van der Waals surface area (Å²) in [6.07, 6.45) is 3.51. The van der Waals surface area contributed by atoms with Crippen LogP contribution in [0.5, 0.6) is 5.95 Å². The highest BCUT2D eigenvalue weighted by Gasteiger charge is 2.08. The Kier molecular flexibility index (Phi) is 3.79. The molecule has 4 heteroatoms. The molecule has 1 heterocycles. The van der Waals surface area contributed by atoms with E-state index in [-0.39, 0.29) is 11.7 Å². The lowest BCUT2D eigenvalue weighted by atomic mass is 10.3. The van der Waals surface area contributed by atoms with E-state index in [0.717, 1.165) is 12.8 Å². The van der Waals surface area contributed by atoms with Crippen molar-refractivity contribution < 1.29 is 19.1 Å². The van der Waals surface area contributed by atoms with E-state index in [0.29, 0.717) is 6.61 Å². The highest BCUT2D eigenvalue weighted by Crippen LogP contribution is 2.15. The van der Waals surface area contributed by atoms with Gasteiger partial charge in [-0.3, -0.25) is 0 Å². The van der Waals surface area contributed by atoms with Crippen molar-refractivity contribution in [1.29, 1.82) is 0 Å². The molecule has 0 aromatic carbocycles. The molecule has 0 amide bonds. The largest absolute Gasteiger partial charge is 0.475 e. The summed E-state index contributed by atoms with van der Waals surface area (Å²) in [5, 5.41) is 8.55. The molecule has 0 aliphatic rings. The molecule has 0 atom stereocenters. The molecule has 0 aliphatic carbocycles. The second-order valence-electron chi connectivity index (χ2n) is 2.70. The number of ether oxygens (including phenoxy) is 1. The maximum absolute atomic E-state index is 10.4.